The lowest BCUT2D eigenvalue weighted by atomic mass is 10.1. The summed E-state index contributed by atoms with van der Waals surface area (Å²) >= 11 is 0. The Morgan fingerprint density at radius 3 is 2.50 bits per heavy atom. The number of aromatic nitrogens is 5. The molecule has 1 saturated heterocycles. The lowest BCUT2D eigenvalue weighted by Crippen LogP contribution is -2.44. The predicted octanol–water partition coefficient (Wildman–Crippen LogP) is 1.96. The summed E-state index contributed by atoms with van der Waals surface area (Å²) < 4.78 is 3.13. The number of hydrogen-bond donors (Lipinski definition) is 2. The van der Waals surface area contributed by atoms with Crippen molar-refractivity contribution in [3.8, 4) is 17.5 Å². The van der Waals surface area contributed by atoms with Gasteiger partial charge >= 0.3 is 0 Å². The number of nitrogens with zero attached hydrogens (tertiary/aromatic N) is 7. The van der Waals surface area contributed by atoms with Crippen molar-refractivity contribution in [2.75, 3.05) is 45.5 Å². The van der Waals surface area contributed by atoms with Crippen molar-refractivity contribution < 1.29 is 4.79 Å². The van der Waals surface area contributed by atoms with E-state index < -0.39 is 5.91 Å². The van der Waals surface area contributed by atoms with Crippen LogP contribution < -0.4 is 17.0 Å². The van der Waals surface area contributed by atoms with Crippen LogP contribution in [0.1, 0.15) is 28.7 Å². The molecule has 3 aromatic heterocycles. The van der Waals surface area contributed by atoms with E-state index >= 15 is 0 Å². The molecule has 1 aliphatic rings. The van der Waals surface area contributed by atoms with E-state index in [9.17, 15) is 9.59 Å². The molecule has 6 rings (SSSR count). The fourth-order valence-electron chi connectivity index (χ4n) is 4.85. The monoisotopic (exact) mass is 563 g/mol. The van der Waals surface area contributed by atoms with Crippen LogP contribution in [0.2, 0.25) is 0 Å². The van der Waals surface area contributed by atoms with Gasteiger partial charge in [-0.2, -0.15) is 0 Å². The first-order chi connectivity index (χ1) is 20.4. The van der Waals surface area contributed by atoms with Crippen molar-refractivity contribution in [1.82, 2.24) is 33.9 Å². The van der Waals surface area contributed by atoms with Crippen molar-refractivity contribution in [3.63, 3.8) is 0 Å². The van der Waals surface area contributed by atoms with E-state index in [-0.39, 0.29) is 16.9 Å². The number of nitrogens with two attached hydrogens (primary N) is 2. The van der Waals surface area contributed by atoms with Crippen molar-refractivity contribution in [3.05, 3.63) is 94.3 Å². The molecule has 1 fully saturated rings. The minimum Gasteiger partial charge on any atom is -0.381 e. The van der Waals surface area contributed by atoms with Gasteiger partial charge in [-0.1, -0.05) is 43.0 Å². The van der Waals surface area contributed by atoms with Gasteiger partial charge in [0.15, 0.2) is 11.5 Å². The molecule has 11 nitrogen and oxygen atoms in total. The van der Waals surface area contributed by atoms with E-state index in [1.54, 1.807) is 23.0 Å². The number of benzene rings is 2. The van der Waals surface area contributed by atoms with E-state index in [0.29, 0.717) is 23.0 Å². The molecular weight excluding hydrogens is 530 g/mol. The van der Waals surface area contributed by atoms with Gasteiger partial charge in [0.05, 0.1) is 23.1 Å². The first-order valence-corrected chi connectivity index (χ1v) is 13.8. The molecule has 2 aromatic carbocycles. The molecule has 0 unspecified atom stereocenters. The Hall–Kier alpha value is -5.05. The van der Waals surface area contributed by atoms with Crippen LogP contribution in [0, 0.1) is 11.8 Å². The van der Waals surface area contributed by atoms with Crippen LogP contribution in [0.4, 0.5) is 5.82 Å². The second-order valence-electron chi connectivity index (χ2n) is 9.95. The second-order valence-corrected chi connectivity index (χ2v) is 9.95. The van der Waals surface area contributed by atoms with Gasteiger partial charge < -0.3 is 16.4 Å². The fraction of sp³-hybridized carbons (Fsp3) is 0.258. The average molecular weight is 564 g/mol. The number of nitrogen functional groups attached to an aromatic ring is 1. The number of amides is 1. The third-order valence-corrected chi connectivity index (χ3v) is 7.09. The van der Waals surface area contributed by atoms with Gasteiger partial charge in [0, 0.05) is 50.6 Å². The van der Waals surface area contributed by atoms with Crippen molar-refractivity contribution in [2.24, 2.45) is 5.73 Å². The summed E-state index contributed by atoms with van der Waals surface area (Å²) in [6, 6.07) is 17.1. The van der Waals surface area contributed by atoms with Gasteiger partial charge in [-0.25, -0.2) is 14.5 Å². The molecule has 5 aromatic rings. The molecule has 11 heteroatoms. The highest BCUT2D eigenvalue weighted by atomic mass is 16.1. The highest BCUT2D eigenvalue weighted by Gasteiger charge is 2.16. The maximum absolute atomic E-state index is 13.5. The summed E-state index contributed by atoms with van der Waals surface area (Å²) in [6.45, 7) is 6.94. The number of rotatable bonds is 4. The molecule has 0 radical (unpaired) electrons. The Labute approximate surface area is 243 Å². The molecule has 0 aliphatic carbocycles. The van der Waals surface area contributed by atoms with Crippen molar-refractivity contribution >= 4 is 28.3 Å². The topological polar surface area (TPSA) is 141 Å². The minimum atomic E-state index is -0.619. The van der Waals surface area contributed by atoms with E-state index in [1.807, 2.05) is 55.5 Å². The van der Waals surface area contributed by atoms with Crippen LogP contribution in [-0.4, -0.2) is 79.6 Å². The van der Waals surface area contributed by atoms with Gasteiger partial charge in [-0.3, -0.25) is 19.1 Å². The van der Waals surface area contributed by atoms with Crippen molar-refractivity contribution in [1.29, 1.82) is 0 Å². The summed E-state index contributed by atoms with van der Waals surface area (Å²) in [7, 11) is 2.15. The van der Waals surface area contributed by atoms with E-state index in [1.165, 1.54) is 4.52 Å². The largest absolute Gasteiger partial charge is 0.381 e. The zero-order valence-corrected chi connectivity index (χ0v) is 23.7. The van der Waals surface area contributed by atoms with E-state index in [0.717, 1.165) is 49.8 Å². The quantitative estimate of drug-likeness (QED) is 0.316. The Balaban J connectivity index is 0.000000226. The number of carbonyl (C=O) groups excluding carboxylic acids is 1. The summed E-state index contributed by atoms with van der Waals surface area (Å²) in [5.74, 6) is 6.76. The van der Waals surface area contributed by atoms with Crippen LogP contribution >= 0.6 is 0 Å². The molecule has 0 saturated carbocycles. The summed E-state index contributed by atoms with van der Waals surface area (Å²) in [4.78, 5) is 37.8. The molecule has 42 heavy (non-hydrogen) atoms. The molecule has 1 aliphatic heterocycles. The van der Waals surface area contributed by atoms with Gasteiger partial charge in [-0.05, 0) is 37.4 Å². The van der Waals surface area contributed by atoms with Gasteiger partial charge in [0.2, 0.25) is 0 Å². The third kappa shape index (κ3) is 6.00. The number of carbonyl (C=O) groups is 1. The standard InChI is InChI=1S/C24H26N4O.C7H7N5O/c1-3-22-25-21-13-7-9-19(10-8-14-27-17-15-26(2)16-18-27)23(21)24(29)28(22)20-11-5-4-6-12-20;8-5-4(6(9)13)7-10-2-1-3-12(7)11-5/h4-7,9,11-13H,3,14-18H2,1-2H3;1-3H,(H2,8,11)(H2,9,13). The van der Waals surface area contributed by atoms with Crippen LogP contribution in [0.3, 0.4) is 0 Å². The molecule has 1 amide bonds. The van der Waals surface area contributed by atoms with E-state index in [4.69, 9.17) is 16.5 Å². The van der Waals surface area contributed by atoms with Crippen LogP contribution in [0.15, 0.2) is 71.8 Å². The maximum Gasteiger partial charge on any atom is 0.267 e. The van der Waals surface area contributed by atoms with Crippen LogP contribution in [-0.2, 0) is 6.42 Å². The Kier molecular flexibility index (Phi) is 8.57. The zero-order valence-electron chi connectivity index (χ0n) is 23.7. The Bertz CT molecular complexity index is 1840. The molecular formula is C31H33N9O2. The molecule has 0 atom stereocenters. The molecule has 4 N–H and O–H groups in total. The summed E-state index contributed by atoms with van der Waals surface area (Å²) in [5.41, 5.74) is 13.4. The number of piperazine rings is 1. The van der Waals surface area contributed by atoms with Gasteiger partial charge in [0.1, 0.15) is 11.4 Å². The fourth-order valence-corrected chi connectivity index (χ4v) is 4.85. The number of anilines is 1. The smallest absolute Gasteiger partial charge is 0.267 e. The predicted molar refractivity (Wildman–Crippen MR) is 163 cm³/mol. The Morgan fingerprint density at radius 2 is 1.79 bits per heavy atom. The molecule has 4 heterocycles. The van der Waals surface area contributed by atoms with Crippen molar-refractivity contribution in [2.45, 2.75) is 13.3 Å². The third-order valence-electron chi connectivity index (χ3n) is 7.09. The molecule has 0 bridgehead atoms. The van der Waals surface area contributed by atoms with E-state index in [2.05, 4.69) is 38.8 Å². The number of aryl methyl sites for hydroxylation is 1. The number of fused-ring (bicyclic) bond motifs is 2. The Morgan fingerprint density at radius 1 is 1.02 bits per heavy atom. The lowest BCUT2D eigenvalue weighted by Gasteiger charge is -2.30. The van der Waals surface area contributed by atoms with Gasteiger partial charge in [0.25, 0.3) is 11.5 Å². The first kappa shape index (κ1) is 28.5. The second kappa shape index (κ2) is 12.6. The maximum atomic E-state index is 13.5. The molecule has 0 spiro atoms. The number of likely N-dealkylation sites (N-methyl/N-ethyl adjacent to an activating group) is 1. The van der Waals surface area contributed by atoms with Gasteiger partial charge in [-0.15, -0.1) is 5.10 Å². The average Bonchev–Trinajstić information content (AvgIpc) is 3.34. The zero-order chi connectivity index (χ0) is 29.6. The lowest BCUT2D eigenvalue weighted by molar-refractivity contribution is 0.100. The highest BCUT2D eigenvalue weighted by Crippen LogP contribution is 2.17. The minimum absolute atomic E-state index is 0.0532. The molecule has 214 valence electrons. The van der Waals surface area contributed by atoms with Crippen LogP contribution in [0.25, 0.3) is 22.2 Å². The number of hydrogen-bond acceptors (Lipinski definition) is 8. The highest BCUT2D eigenvalue weighted by molar-refractivity contribution is 6.03. The SMILES string of the molecule is CCc1nc2cccc(C#CCN3CCN(C)CC3)c2c(=O)n1-c1ccccc1.NC(=O)c1c(N)nn2cccnc12. The number of para-hydroxylation sites is 1. The summed E-state index contributed by atoms with van der Waals surface area (Å²) in [5, 5.41) is 4.46. The number of primary amides is 1. The normalized spacial score (nSPS) is 13.8. The summed E-state index contributed by atoms with van der Waals surface area (Å²) in [6.07, 6.45) is 3.87. The van der Waals surface area contributed by atoms with Crippen LogP contribution in [0.5, 0.6) is 0 Å². The first-order valence-electron chi connectivity index (χ1n) is 13.8.